The molecule has 0 aromatic heterocycles. The maximum Gasteiger partial charge on any atom is 0.322 e. The molecular formula is C11H21NO2. The summed E-state index contributed by atoms with van der Waals surface area (Å²) in [5.41, 5.74) is 5.89. The van der Waals surface area contributed by atoms with E-state index < -0.39 is 6.04 Å². The minimum atomic E-state index is -0.412. The van der Waals surface area contributed by atoms with Crippen molar-refractivity contribution in [2.45, 2.75) is 45.1 Å². The lowest BCUT2D eigenvalue weighted by molar-refractivity contribution is -0.144. The molecule has 0 radical (unpaired) electrons. The summed E-state index contributed by atoms with van der Waals surface area (Å²) < 4.78 is 4.69. The van der Waals surface area contributed by atoms with Gasteiger partial charge in [0.1, 0.15) is 6.04 Å². The fraction of sp³-hybridized carbons (Fsp3) is 0.909. The smallest absolute Gasteiger partial charge is 0.322 e. The SMILES string of the molecule is CCC1CCCCC1C(N)C(=O)OC. The van der Waals surface area contributed by atoms with Gasteiger partial charge in [-0.3, -0.25) is 4.79 Å². The molecule has 3 atom stereocenters. The summed E-state index contributed by atoms with van der Waals surface area (Å²) in [6.45, 7) is 2.17. The molecule has 0 saturated heterocycles. The van der Waals surface area contributed by atoms with Gasteiger partial charge in [0, 0.05) is 0 Å². The summed E-state index contributed by atoms with van der Waals surface area (Å²) in [7, 11) is 1.41. The summed E-state index contributed by atoms with van der Waals surface area (Å²) >= 11 is 0. The summed E-state index contributed by atoms with van der Waals surface area (Å²) in [4.78, 5) is 11.3. The predicted octanol–water partition coefficient (Wildman–Crippen LogP) is 1.70. The van der Waals surface area contributed by atoms with E-state index in [4.69, 9.17) is 10.5 Å². The van der Waals surface area contributed by atoms with E-state index in [1.54, 1.807) is 0 Å². The number of nitrogens with two attached hydrogens (primary N) is 1. The Kier molecular flexibility index (Phi) is 4.39. The van der Waals surface area contributed by atoms with E-state index in [2.05, 4.69) is 6.92 Å². The highest BCUT2D eigenvalue weighted by molar-refractivity contribution is 5.75. The van der Waals surface area contributed by atoms with Gasteiger partial charge in [0.2, 0.25) is 0 Å². The van der Waals surface area contributed by atoms with Crippen molar-refractivity contribution < 1.29 is 9.53 Å². The van der Waals surface area contributed by atoms with E-state index in [9.17, 15) is 4.79 Å². The average molecular weight is 199 g/mol. The third-order valence-corrected chi connectivity index (χ3v) is 3.43. The number of rotatable bonds is 3. The van der Waals surface area contributed by atoms with Crippen LogP contribution in [0, 0.1) is 11.8 Å². The molecule has 0 bridgehead atoms. The van der Waals surface area contributed by atoms with Crippen LogP contribution in [-0.4, -0.2) is 19.1 Å². The Bertz CT molecular complexity index is 194. The molecule has 0 aliphatic heterocycles. The lowest BCUT2D eigenvalue weighted by Crippen LogP contribution is -2.43. The topological polar surface area (TPSA) is 52.3 Å². The van der Waals surface area contributed by atoms with Gasteiger partial charge in [0.25, 0.3) is 0 Å². The number of methoxy groups -OCH3 is 1. The van der Waals surface area contributed by atoms with Crippen LogP contribution in [-0.2, 0) is 9.53 Å². The van der Waals surface area contributed by atoms with Crippen LogP contribution < -0.4 is 5.73 Å². The Morgan fingerprint density at radius 3 is 2.71 bits per heavy atom. The Morgan fingerprint density at radius 2 is 2.14 bits per heavy atom. The van der Waals surface area contributed by atoms with Crippen LogP contribution in [0.4, 0.5) is 0 Å². The number of esters is 1. The van der Waals surface area contributed by atoms with Crippen molar-refractivity contribution in [1.29, 1.82) is 0 Å². The fourth-order valence-electron chi connectivity index (χ4n) is 2.53. The van der Waals surface area contributed by atoms with Gasteiger partial charge in [-0.15, -0.1) is 0 Å². The zero-order valence-corrected chi connectivity index (χ0v) is 9.16. The van der Waals surface area contributed by atoms with E-state index >= 15 is 0 Å². The Balaban J connectivity index is 2.58. The van der Waals surface area contributed by atoms with E-state index in [-0.39, 0.29) is 5.97 Å². The minimum absolute atomic E-state index is 0.254. The Hall–Kier alpha value is -0.570. The van der Waals surface area contributed by atoms with Crippen molar-refractivity contribution in [2.24, 2.45) is 17.6 Å². The van der Waals surface area contributed by atoms with Crippen LogP contribution in [0.1, 0.15) is 39.0 Å². The van der Waals surface area contributed by atoms with Gasteiger partial charge in [0.05, 0.1) is 7.11 Å². The average Bonchev–Trinajstić information content (AvgIpc) is 2.26. The molecule has 0 spiro atoms. The molecule has 0 amide bonds. The largest absolute Gasteiger partial charge is 0.468 e. The lowest BCUT2D eigenvalue weighted by Gasteiger charge is -2.33. The second-order valence-electron chi connectivity index (χ2n) is 4.17. The van der Waals surface area contributed by atoms with Crippen molar-refractivity contribution in [3.63, 3.8) is 0 Å². The van der Waals surface area contributed by atoms with Crippen LogP contribution in [0.5, 0.6) is 0 Å². The highest BCUT2D eigenvalue weighted by Crippen LogP contribution is 2.34. The summed E-state index contributed by atoms with van der Waals surface area (Å²) in [5.74, 6) is 0.689. The van der Waals surface area contributed by atoms with Crippen LogP contribution in [0.3, 0.4) is 0 Å². The molecule has 1 saturated carbocycles. The molecule has 3 heteroatoms. The number of ether oxygens (including phenoxy) is 1. The van der Waals surface area contributed by atoms with Crippen molar-refractivity contribution in [3.05, 3.63) is 0 Å². The maximum absolute atomic E-state index is 11.3. The lowest BCUT2D eigenvalue weighted by atomic mass is 9.74. The standard InChI is InChI=1S/C11H21NO2/c1-3-8-6-4-5-7-9(8)10(12)11(13)14-2/h8-10H,3-7,12H2,1-2H3. The van der Waals surface area contributed by atoms with Gasteiger partial charge < -0.3 is 10.5 Å². The molecule has 1 rings (SSSR count). The van der Waals surface area contributed by atoms with Gasteiger partial charge in [-0.05, 0) is 18.3 Å². The van der Waals surface area contributed by atoms with Crippen LogP contribution >= 0.6 is 0 Å². The van der Waals surface area contributed by atoms with Gasteiger partial charge >= 0.3 is 5.97 Å². The molecule has 0 heterocycles. The first-order chi connectivity index (χ1) is 6.70. The Morgan fingerprint density at radius 1 is 1.50 bits per heavy atom. The molecular weight excluding hydrogens is 178 g/mol. The first kappa shape index (κ1) is 11.5. The molecule has 3 unspecified atom stereocenters. The molecule has 1 fully saturated rings. The second-order valence-corrected chi connectivity index (χ2v) is 4.17. The van der Waals surface area contributed by atoms with E-state index in [0.717, 1.165) is 12.8 Å². The third kappa shape index (κ3) is 2.47. The van der Waals surface area contributed by atoms with Gasteiger partial charge in [-0.1, -0.05) is 32.6 Å². The minimum Gasteiger partial charge on any atom is -0.468 e. The van der Waals surface area contributed by atoms with Crippen molar-refractivity contribution >= 4 is 5.97 Å². The van der Waals surface area contributed by atoms with E-state index in [1.165, 1.54) is 26.4 Å². The van der Waals surface area contributed by atoms with Gasteiger partial charge in [-0.25, -0.2) is 0 Å². The molecule has 0 aromatic rings. The van der Waals surface area contributed by atoms with Crippen LogP contribution in [0.2, 0.25) is 0 Å². The number of hydrogen-bond donors (Lipinski definition) is 1. The monoisotopic (exact) mass is 199 g/mol. The number of carbonyl (C=O) groups is 1. The maximum atomic E-state index is 11.3. The third-order valence-electron chi connectivity index (χ3n) is 3.43. The molecule has 0 aromatic carbocycles. The van der Waals surface area contributed by atoms with Crippen LogP contribution in [0.15, 0.2) is 0 Å². The first-order valence-corrected chi connectivity index (χ1v) is 5.54. The molecule has 3 nitrogen and oxygen atoms in total. The summed E-state index contributed by atoms with van der Waals surface area (Å²) in [6.07, 6.45) is 5.89. The van der Waals surface area contributed by atoms with E-state index in [0.29, 0.717) is 11.8 Å². The van der Waals surface area contributed by atoms with Crippen molar-refractivity contribution in [3.8, 4) is 0 Å². The predicted molar refractivity (Wildman–Crippen MR) is 55.7 cm³/mol. The zero-order chi connectivity index (χ0) is 10.6. The summed E-state index contributed by atoms with van der Waals surface area (Å²) in [6, 6.07) is -0.412. The normalized spacial score (nSPS) is 29.6. The van der Waals surface area contributed by atoms with E-state index in [1.807, 2.05) is 0 Å². The zero-order valence-electron chi connectivity index (χ0n) is 9.16. The van der Waals surface area contributed by atoms with Crippen molar-refractivity contribution in [1.82, 2.24) is 0 Å². The Labute approximate surface area is 86.0 Å². The molecule has 1 aliphatic carbocycles. The number of hydrogen-bond acceptors (Lipinski definition) is 3. The molecule has 82 valence electrons. The summed E-state index contributed by atoms with van der Waals surface area (Å²) in [5, 5.41) is 0. The van der Waals surface area contributed by atoms with Crippen LogP contribution in [0.25, 0.3) is 0 Å². The highest BCUT2D eigenvalue weighted by atomic mass is 16.5. The fourth-order valence-corrected chi connectivity index (χ4v) is 2.53. The molecule has 1 aliphatic rings. The first-order valence-electron chi connectivity index (χ1n) is 5.54. The second kappa shape index (κ2) is 5.35. The molecule has 14 heavy (non-hydrogen) atoms. The van der Waals surface area contributed by atoms with Gasteiger partial charge in [-0.2, -0.15) is 0 Å². The quantitative estimate of drug-likeness (QED) is 0.704. The molecule has 2 N–H and O–H groups in total. The number of carbonyl (C=O) groups excluding carboxylic acids is 1. The van der Waals surface area contributed by atoms with Crippen molar-refractivity contribution in [2.75, 3.05) is 7.11 Å². The highest BCUT2D eigenvalue weighted by Gasteiger charge is 2.32. The van der Waals surface area contributed by atoms with Gasteiger partial charge in [0.15, 0.2) is 0 Å².